The fourth-order valence-electron chi connectivity index (χ4n) is 2.96. The van der Waals surface area contributed by atoms with Crippen LogP contribution in [0.2, 0.25) is 0 Å². The summed E-state index contributed by atoms with van der Waals surface area (Å²) >= 11 is 0. The average Bonchev–Trinajstić information content (AvgIpc) is 2.91. The highest BCUT2D eigenvalue weighted by atomic mass is 32.2. The molecule has 2 bridgehead atoms. The van der Waals surface area contributed by atoms with Crippen LogP contribution in [0.25, 0.3) is 0 Å². The van der Waals surface area contributed by atoms with Gasteiger partial charge in [-0.3, -0.25) is 0 Å². The molecule has 0 aliphatic heterocycles. The predicted octanol–water partition coefficient (Wildman–Crippen LogP) is 3.08. The average molecular weight is 248 g/mol. The Morgan fingerprint density at radius 1 is 1.12 bits per heavy atom. The maximum atomic E-state index is 12.5. The minimum atomic E-state index is -3.23. The molecule has 1 saturated carbocycles. The highest BCUT2D eigenvalue weighted by Gasteiger charge is 2.39. The van der Waals surface area contributed by atoms with Crippen molar-refractivity contribution in [2.75, 3.05) is 0 Å². The van der Waals surface area contributed by atoms with Crippen molar-refractivity contribution in [1.29, 1.82) is 0 Å². The third-order valence-corrected chi connectivity index (χ3v) is 5.90. The molecule has 0 heterocycles. The van der Waals surface area contributed by atoms with Gasteiger partial charge in [0, 0.05) is 4.91 Å². The van der Waals surface area contributed by atoms with Crippen LogP contribution in [0.3, 0.4) is 0 Å². The molecule has 3 heteroatoms. The van der Waals surface area contributed by atoms with Crippen molar-refractivity contribution in [2.45, 2.75) is 31.1 Å². The minimum Gasteiger partial charge on any atom is -0.219 e. The summed E-state index contributed by atoms with van der Waals surface area (Å²) in [6, 6.07) is 7.16. The van der Waals surface area contributed by atoms with Gasteiger partial charge < -0.3 is 0 Å². The standard InChI is InChI=1S/C14H16O2S/c1-10-2-6-13(7-3-10)17(15,16)14-9-11-4-5-12(14)8-11/h2-3,6-7,9,11-12H,4-5,8H2,1H3. The van der Waals surface area contributed by atoms with Crippen LogP contribution in [0.15, 0.2) is 40.1 Å². The van der Waals surface area contributed by atoms with Crippen LogP contribution in [0.4, 0.5) is 0 Å². The van der Waals surface area contributed by atoms with Gasteiger partial charge in [-0.1, -0.05) is 23.8 Å². The Bertz CT molecular complexity index is 567. The van der Waals surface area contributed by atoms with Gasteiger partial charge in [-0.15, -0.1) is 0 Å². The third kappa shape index (κ3) is 1.73. The van der Waals surface area contributed by atoms with Crippen molar-refractivity contribution < 1.29 is 8.42 Å². The zero-order valence-corrected chi connectivity index (χ0v) is 10.7. The highest BCUT2D eigenvalue weighted by molar-refractivity contribution is 7.95. The molecule has 0 aromatic heterocycles. The molecule has 90 valence electrons. The summed E-state index contributed by atoms with van der Waals surface area (Å²) in [6.45, 7) is 1.97. The molecule has 2 atom stereocenters. The van der Waals surface area contributed by atoms with Crippen LogP contribution < -0.4 is 0 Å². The van der Waals surface area contributed by atoms with Crippen LogP contribution in [-0.2, 0) is 9.84 Å². The van der Waals surface area contributed by atoms with Crippen LogP contribution >= 0.6 is 0 Å². The molecule has 3 rings (SSSR count). The van der Waals surface area contributed by atoms with Crippen LogP contribution in [0, 0.1) is 18.8 Å². The lowest BCUT2D eigenvalue weighted by atomic mass is 10.1. The lowest BCUT2D eigenvalue weighted by Crippen LogP contribution is -2.10. The molecule has 0 N–H and O–H groups in total. The minimum absolute atomic E-state index is 0.284. The van der Waals surface area contributed by atoms with E-state index in [2.05, 4.69) is 0 Å². The second kappa shape index (κ2) is 3.70. The van der Waals surface area contributed by atoms with Crippen molar-refractivity contribution in [1.82, 2.24) is 0 Å². The fraction of sp³-hybridized carbons (Fsp3) is 0.429. The first-order chi connectivity index (χ1) is 8.07. The van der Waals surface area contributed by atoms with E-state index in [1.54, 1.807) is 12.1 Å². The Morgan fingerprint density at radius 3 is 2.35 bits per heavy atom. The molecule has 2 unspecified atom stereocenters. The van der Waals surface area contributed by atoms with E-state index < -0.39 is 9.84 Å². The van der Waals surface area contributed by atoms with E-state index in [1.807, 2.05) is 25.1 Å². The lowest BCUT2D eigenvalue weighted by molar-refractivity contribution is 0.588. The number of hydrogen-bond acceptors (Lipinski definition) is 2. The zero-order valence-electron chi connectivity index (χ0n) is 9.89. The number of allylic oxidation sites excluding steroid dienone is 2. The smallest absolute Gasteiger partial charge is 0.202 e. The van der Waals surface area contributed by atoms with Crippen molar-refractivity contribution in [3.8, 4) is 0 Å². The van der Waals surface area contributed by atoms with E-state index in [0.29, 0.717) is 15.7 Å². The van der Waals surface area contributed by atoms with E-state index in [4.69, 9.17) is 0 Å². The molecule has 2 aliphatic rings. The summed E-state index contributed by atoms with van der Waals surface area (Å²) in [4.78, 5) is 1.12. The molecule has 17 heavy (non-hydrogen) atoms. The van der Waals surface area contributed by atoms with Crippen LogP contribution in [0.1, 0.15) is 24.8 Å². The monoisotopic (exact) mass is 248 g/mol. The van der Waals surface area contributed by atoms with E-state index in [0.717, 1.165) is 24.8 Å². The quantitative estimate of drug-likeness (QED) is 0.806. The third-order valence-electron chi connectivity index (χ3n) is 3.92. The van der Waals surface area contributed by atoms with E-state index in [1.165, 1.54) is 0 Å². The second-order valence-corrected chi connectivity index (χ2v) is 7.11. The van der Waals surface area contributed by atoms with Gasteiger partial charge in [-0.25, -0.2) is 8.42 Å². The SMILES string of the molecule is Cc1ccc(S(=O)(=O)C2=CC3CCC2C3)cc1. The first kappa shape index (κ1) is 11.0. The first-order valence-corrected chi connectivity index (χ1v) is 7.59. The molecule has 0 radical (unpaired) electrons. The second-order valence-electron chi connectivity index (χ2n) is 5.16. The Hall–Kier alpha value is -1.09. The number of sulfone groups is 1. The Balaban J connectivity index is 2.02. The lowest BCUT2D eigenvalue weighted by Gasteiger charge is -2.14. The number of fused-ring (bicyclic) bond motifs is 2. The van der Waals surface area contributed by atoms with Gasteiger partial charge in [0.2, 0.25) is 9.84 Å². The van der Waals surface area contributed by atoms with E-state index in [9.17, 15) is 8.42 Å². The van der Waals surface area contributed by atoms with E-state index >= 15 is 0 Å². The molecule has 1 aromatic carbocycles. The first-order valence-electron chi connectivity index (χ1n) is 6.11. The van der Waals surface area contributed by atoms with Crippen molar-refractivity contribution in [3.63, 3.8) is 0 Å². The molecule has 2 nitrogen and oxygen atoms in total. The molecule has 0 saturated heterocycles. The molecule has 2 aliphatic carbocycles. The molecular formula is C14H16O2S. The van der Waals surface area contributed by atoms with Gasteiger partial charge in [0.25, 0.3) is 0 Å². The molecular weight excluding hydrogens is 232 g/mol. The van der Waals surface area contributed by atoms with Crippen LogP contribution in [0.5, 0.6) is 0 Å². The van der Waals surface area contributed by atoms with Crippen molar-refractivity contribution in [2.24, 2.45) is 11.8 Å². The Morgan fingerprint density at radius 2 is 1.82 bits per heavy atom. The zero-order chi connectivity index (χ0) is 12.0. The van der Waals surface area contributed by atoms with E-state index in [-0.39, 0.29) is 5.92 Å². The Kier molecular flexibility index (Phi) is 2.40. The number of aryl methyl sites for hydroxylation is 1. The molecule has 1 fully saturated rings. The summed E-state index contributed by atoms with van der Waals surface area (Å²) in [5.41, 5.74) is 1.09. The predicted molar refractivity (Wildman–Crippen MR) is 67.3 cm³/mol. The van der Waals surface area contributed by atoms with Crippen LogP contribution in [-0.4, -0.2) is 8.42 Å². The maximum Gasteiger partial charge on any atom is 0.202 e. The molecule has 0 amide bonds. The largest absolute Gasteiger partial charge is 0.219 e. The number of hydrogen-bond donors (Lipinski definition) is 0. The van der Waals surface area contributed by atoms with Gasteiger partial charge in [0.15, 0.2) is 0 Å². The summed E-state index contributed by atoms with van der Waals surface area (Å²) in [7, 11) is -3.23. The molecule has 0 spiro atoms. The molecule has 1 aromatic rings. The summed E-state index contributed by atoms with van der Waals surface area (Å²) < 4.78 is 24.9. The fourth-order valence-corrected chi connectivity index (χ4v) is 4.75. The summed E-state index contributed by atoms with van der Waals surface area (Å²) in [5.74, 6) is 0.793. The number of rotatable bonds is 2. The van der Waals surface area contributed by atoms with Crippen molar-refractivity contribution in [3.05, 3.63) is 40.8 Å². The summed E-state index contributed by atoms with van der Waals surface area (Å²) in [5, 5.41) is 0. The summed E-state index contributed by atoms with van der Waals surface area (Å²) in [6.07, 6.45) is 5.24. The van der Waals surface area contributed by atoms with Gasteiger partial charge in [0.05, 0.1) is 4.90 Å². The number of benzene rings is 1. The maximum absolute atomic E-state index is 12.5. The van der Waals surface area contributed by atoms with Crippen molar-refractivity contribution >= 4 is 9.84 Å². The van der Waals surface area contributed by atoms with Gasteiger partial charge >= 0.3 is 0 Å². The van der Waals surface area contributed by atoms with Gasteiger partial charge in [-0.05, 0) is 50.2 Å². The van der Waals surface area contributed by atoms with Gasteiger partial charge in [-0.2, -0.15) is 0 Å². The Labute approximate surface area is 102 Å². The van der Waals surface area contributed by atoms with Gasteiger partial charge in [0.1, 0.15) is 0 Å². The highest BCUT2D eigenvalue weighted by Crippen LogP contribution is 2.47. The normalized spacial score (nSPS) is 27.2. The topological polar surface area (TPSA) is 34.1 Å².